The van der Waals surface area contributed by atoms with Crippen LogP contribution in [0.3, 0.4) is 0 Å². The van der Waals surface area contributed by atoms with Gasteiger partial charge in [0.05, 0.1) is 18.9 Å². The van der Waals surface area contributed by atoms with Gasteiger partial charge in [0, 0.05) is 17.5 Å². The van der Waals surface area contributed by atoms with Crippen molar-refractivity contribution in [1.82, 2.24) is 4.98 Å². The average Bonchev–Trinajstić information content (AvgIpc) is 2.48. The SMILES string of the molecule is C=Cc1cnc(C)c(OC(=O)OCC)c1CSC(=O)OCC.Cl. The van der Waals surface area contributed by atoms with Gasteiger partial charge in [-0.05, 0) is 38.1 Å². The van der Waals surface area contributed by atoms with E-state index in [0.717, 1.165) is 11.8 Å². The zero-order valence-corrected chi connectivity index (χ0v) is 14.9. The van der Waals surface area contributed by atoms with Crippen molar-refractivity contribution in [3.05, 3.63) is 29.6 Å². The maximum Gasteiger partial charge on any atom is 0.513 e. The first-order chi connectivity index (χ1) is 10.5. The van der Waals surface area contributed by atoms with Crippen LogP contribution in [0.4, 0.5) is 9.59 Å². The van der Waals surface area contributed by atoms with Crippen LogP contribution in [-0.2, 0) is 15.2 Å². The number of halogens is 1. The second kappa shape index (κ2) is 10.9. The highest BCUT2D eigenvalue weighted by Gasteiger charge is 2.18. The molecule has 1 aromatic heterocycles. The molecule has 0 N–H and O–H groups in total. The Morgan fingerprint density at radius 1 is 1.30 bits per heavy atom. The molecule has 0 amide bonds. The molecule has 0 atom stereocenters. The van der Waals surface area contributed by atoms with E-state index in [4.69, 9.17) is 14.2 Å². The number of aromatic nitrogens is 1. The van der Waals surface area contributed by atoms with Crippen LogP contribution in [0.25, 0.3) is 6.08 Å². The molecule has 128 valence electrons. The van der Waals surface area contributed by atoms with E-state index < -0.39 is 11.5 Å². The number of rotatable bonds is 6. The quantitative estimate of drug-likeness (QED) is 0.696. The monoisotopic (exact) mass is 361 g/mol. The lowest BCUT2D eigenvalue weighted by Gasteiger charge is -2.14. The molecule has 0 aromatic carbocycles. The predicted octanol–water partition coefficient (Wildman–Crippen LogP) is 4.38. The van der Waals surface area contributed by atoms with Crippen LogP contribution < -0.4 is 4.74 Å². The molecular weight excluding hydrogens is 342 g/mol. The average molecular weight is 362 g/mol. The third-order valence-corrected chi connectivity index (χ3v) is 3.40. The van der Waals surface area contributed by atoms with Crippen molar-refractivity contribution in [2.45, 2.75) is 26.5 Å². The number of hydrogen-bond donors (Lipinski definition) is 0. The Kier molecular flexibility index (Phi) is 10.1. The van der Waals surface area contributed by atoms with E-state index in [1.807, 2.05) is 0 Å². The molecule has 6 nitrogen and oxygen atoms in total. The molecule has 8 heteroatoms. The lowest BCUT2D eigenvalue weighted by atomic mass is 10.1. The summed E-state index contributed by atoms with van der Waals surface area (Å²) in [4.78, 5) is 27.2. The fourth-order valence-electron chi connectivity index (χ4n) is 1.63. The van der Waals surface area contributed by atoms with Crippen LogP contribution in [0.5, 0.6) is 5.75 Å². The number of carbonyl (C=O) groups excluding carboxylic acids is 2. The molecule has 0 bridgehead atoms. The first-order valence-electron chi connectivity index (χ1n) is 6.78. The van der Waals surface area contributed by atoms with E-state index in [1.165, 1.54) is 0 Å². The summed E-state index contributed by atoms with van der Waals surface area (Å²) in [5.41, 5.74) is 1.86. The van der Waals surface area contributed by atoms with Crippen LogP contribution in [0.1, 0.15) is 30.7 Å². The summed E-state index contributed by atoms with van der Waals surface area (Å²) in [7, 11) is 0. The van der Waals surface area contributed by atoms with Gasteiger partial charge in [0.1, 0.15) is 0 Å². The van der Waals surface area contributed by atoms with Crippen LogP contribution in [0.15, 0.2) is 12.8 Å². The van der Waals surface area contributed by atoms with Gasteiger partial charge in [0.15, 0.2) is 5.75 Å². The van der Waals surface area contributed by atoms with Gasteiger partial charge >= 0.3 is 11.5 Å². The Morgan fingerprint density at radius 2 is 1.96 bits per heavy atom. The number of hydrogen-bond acceptors (Lipinski definition) is 7. The van der Waals surface area contributed by atoms with E-state index in [0.29, 0.717) is 23.4 Å². The summed E-state index contributed by atoms with van der Waals surface area (Å²) in [6, 6.07) is 0. The molecule has 1 aromatic rings. The highest BCUT2D eigenvalue weighted by molar-refractivity contribution is 8.12. The van der Waals surface area contributed by atoms with Crippen molar-refractivity contribution < 1.29 is 23.8 Å². The second-order valence-corrected chi connectivity index (χ2v) is 4.98. The largest absolute Gasteiger partial charge is 0.513 e. The molecule has 0 unspecified atom stereocenters. The molecule has 0 radical (unpaired) electrons. The van der Waals surface area contributed by atoms with E-state index in [9.17, 15) is 9.59 Å². The van der Waals surface area contributed by atoms with Crippen molar-refractivity contribution in [2.24, 2.45) is 0 Å². The van der Waals surface area contributed by atoms with Gasteiger partial charge < -0.3 is 14.2 Å². The number of carbonyl (C=O) groups is 2. The summed E-state index contributed by atoms with van der Waals surface area (Å²) >= 11 is 0.978. The van der Waals surface area contributed by atoms with Gasteiger partial charge in [-0.25, -0.2) is 9.59 Å². The summed E-state index contributed by atoms with van der Waals surface area (Å²) in [6.07, 6.45) is 2.39. The van der Waals surface area contributed by atoms with Crippen molar-refractivity contribution in [3.63, 3.8) is 0 Å². The maximum atomic E-state index is 11.6. The standard InChI is InChI=1S/C15H19NO5S.ClH/c1-5-11-8-16-10(4)13(21-14(17)19-6-2)12(11)9-22-15(18)20-7-3;/h5,8H,1,6-7,9H2,2-4H3;1H. The molecule has 1 rings (SSSR count). The first kappa shape index (κ1) is 21.3. The molecule has 0 aliphatic heterocycles. The smallest absolute Gasteiger partial charge is 0.458 e. The number of aryl methyl sites for hydroxylation is 1. The summed E-state index contributed by atoms with van der Waals surface area (Å²) < 4.78 is 14.9. The Labute approximate surface area is 146 Å². The molecule has 0 aliphatic carbocycles. The Morgan fingerprint density at radius 3 is 2.52 bits per heavy atom. The third-order valence-electron chi connectivity index (χ3n) is 2.61. The molecule has 23 heavy (non-hydrogen) atoms. The minimum atomic E-state index is -0.809. The normalized spacial score (nSPS) is 9.52. The first-order valence-corrected chi connectivity index (χ1v) is 7.77. The number of ether oxygens (including phenoxy) is 3. The fraction of sp³-hybridized carbons (Fsp3) is 0.400. The van der Waals surface area contributed by atoms with Gasteiger partial charge in [-0.1, -0.05) is 12.7 Å². The molecule has 0 aliphatic rings. The van der Waals surface area contributed by atoms with E-state index >= 15 is 0 Å². The van der Waals surface area contributed by atoms with Crippen molar-refractivity contribution in [3.8, 4) is 5.75 Å². The van der Waals surface area contributed by atoms with Gasteiger partial charge in [0.2, 0.25) is 0 Å². The predicted molar refractivity (Wildman–Crippen MR) is 92.3 cm³/mol. The molecule has 0 spiro atoms. The van der Waals surface area contributed by atoms with Crippen LogP contribution in [0, 0.1) is 6.92 Å². The van der Waals surface area contributed by atoms with Crippen molar-refractivity contribution in [2.75, 3.05) is 13.2 Å². The Balaban J connectivity index is 0.00000484. The van der Waals surface area contributed by atoms with E-state index in [2.05, 4.69) is 11.6 Å². The van der Waals surface area contributed by atoms with Crippen LogP contribution in [0.2, 0.25) is 0 Å². The van der Waals surface area contributed by atoms with Crippen LogP contribution in [-0.4, -0.2) is 29.7 Å². The zero-order chi connectivity index (χ0) is 16.5. The van der Waals surface area contributed by atoms with E-state index in [1.54, 1.807) is 33.0 Å². The molecule has 0 saturated carbocycles. The molecular formula is C15H20ClNO5S. The van der Waals surface area contributed by atoms with Gasteiger partial charge in [0.25, 0.3) is 0 Å². The highest BCUT2D eigenvalue weighted by atomic mass is 35.5. The second-order valence-electron chi connectivity index (χ2n) is 4.07. The molecule has 0 saturated heterocycles. The number of pyridine rings is 1. The lowest BCUT2D eigenvalue weighted by molar-refractivity contribution is 0.103. The van der Waals surface area contributed by atoms with Gasteiger partial charge in [-0.2, -0.15) is 0 Å². The van der Waals surface area contributed by atoms with Crippen LogP contribution >= 0.6 is 24.2 Å². The maximum absolute atomic E-state index is 11.6. The summed E-state index contributed by atoms with van der Waals surface area (Å²) in [5.74, 6) is 0.561. The number of nitrogens with zero attached hydrogens (tertiary/aromatic N) is 1. The van der Waals surface area contributed by atoms with Crippen molar-refractivity contribution >= 4 is 41.7 Å². The minimum absolute atomic E-state index is 0. The Bertz CT molecular complexity index is 565. The Hall–Kier alpha value is -1.73. The lowest BCUT2D eigenvalue weighted by Crippen LogP contribution is -2.13. The van der Waals surface area contributed by atoms with Gasteiger partial charge in [-0.15, -0.1) is 12.4 Å². The zero-order valence-electron chi connectivity index (χ0n) is 13.3. The molecule has 0 fully saturated rings. The van der Waals surface area contributed by atoms with Crippen molar-refractivity contribution in [1.29, 1.82) is 0 Å². The fourth-order valence-corrected chi connectivity index (χ4v) is 2.40. The van der Waals surface area contributed by atoms with E-state index in [-0.39, 0.29) is 30.5 Å². The van der Waals surface area contributed by atoms with Gasteiger partial charge in [-0.3, -0.25) is 4.98 Å². The number of thioether (sulfide) groups is 1. The minimum Gasteiger partial charge on any atom is -0.458 e. The third kappa shape index (κ3) is 6.50. The summed E-state index contributed by atoms with van der Waals surface area (Å²) in [5, 5.41) is -0.394. The molecule has 1 heterocycles. The highest BCUT2D eigenvalue weighted by Crippen LogP contribution is 2.30. The topological polar surface area (TPSA) is 74.7 Å². The summed E-state index contributed by atoms with van der Waals surface area (Å²) in [6.45, 7) is 9.35.